The van der Waals surface area contributed by atoms with E-state index in [4.69, 9.17) is 15.7 Å². The number of likely N-dealkylation sites (tertiary alicyclic amines) is 1. The van der Waals surface area contributed by atoms with E-state index < -0.39 is 0 Å². The summed E-state index contributed by atoms with van der Waals surface area (Å²) in [5.41, 5.74) is 10.9. The third-order valence-electron chi connectivity index (χ3n) is 6.59. The van der Waals surface area contributed by atoms with E-state index in [1.54, 1.807) is 0 Å². The highest BCUT2D eigenvalue weighted by molar-refractivity contribution is 6.07. The van der Waals surface area contributed by atoms with E-state index in [1.165, 1.54) is 0 Å². The number of carbonyl (C=O) groups excluding carboxylic acids is 1. The number of pyridine rings is 1. The van der Waals surface area contributed by atoms with Crippen molar-refractivity contribution in [2.45, 2.75) is 58.4 Å². The number of piperidine rings is 1. The van der Waals surface area contributed by atoms with Gasteiger partial charge in [0.1, 0.15) is 11.3 Å². The molecule has 1 aliphatic rings. The van der Waals surface area contributed by atoms with Crippen LogP contribution in [0.25, 0.3) is 33.2 Å². The second-order valence-electron chi connectivity index (χ2n) is 9.25. The molecule has 8 heteroatoms. The van der Waals surface area contributed by atoms with Crippen LogP contribution in [0.5, 0.6) is 0 Å². The molecule has 0 aliphatic carbocycles. The monoisotopic (exact) mass is 445 g/mol. The molecule has 1 aliphatic heterocycles. The molecule has 1 amide bonds. The maximum atomic E-state index is 12.6. The number of nitrogen functional groups attached to an aromatic ring is 1. The van der Waals surface area contributed by atoms with Crippen LogP contribution in [0.3, 0.4) is 0 Å². The molecule has 1 aromatic carbocycles. The molecule has 33 heavy (non-hydrogen) atoms. The number of nitrogens with two attached hydrogens (primary N) is 1. The molecule has 1 saturated heterocycles. The van der Waals surface area contributed by atoms with Gasteiger partial charge in [-0.25, -0.2) is 9.97 Å². The summed E-state index contributed by atoms with van der Waals surface area (Å²) in [4.78, 5) is 24.3. The van der Waals surface area contributed by atoms with E-state index in [0.717, 1.165) is 64.8 Å². The molecule has 4 aromatic rings. The number of amides is 1. The van der Waals surface area contributed by atoms with E-state index in [0.29, 0.717) is 18.8 Å². The summed E-state index contributed by atoms with van der Waals surface area (Å²) >= 11 is 0. The Hall–Kier alpha value is -3.42. The Labute approximate surface area is 193 Å². The van der Waals surface area contributed by atoms with Crippen molar-refractivity contribution in [3.8, 4) is 11.3 Å². The lowest BCUT2D eigenvalue weighted by Crippen LogP contribution is -2.39. The van der Waals surface area contributed by atoms with E-state index in [-0.39, 0.29) is 17.9 Å². The summed E-state index contributed by atoms with van der Waals surface area (Å²) in [5.74, 6) is 1.87. The Morgan fingerprint density at radius 2 is 2.12 bits per heavy atom. The van der Waals surface area contributed by atoms with Crippen LogP contribution >= 0.6 is 0 Å². The smallest absolute Gasteiger partial charge is 0.222 e. The van der Waals surface area contributed by atoms with Crippen LogP contribution in [-0.4, -0.2) is 48.6 Å². The van der Waals surface area contributed by atoms with E-state index in [2.05, 4.69) is 47.7 Å². The van der Waals surface area contributed by atoms with Gasteiger partial charge in [0, 0.05) is 48.6 Å². The van der Waals surface area contributed by atoms with Gasteiger partial charge in [0.25, 0.3) is 0 Å². The van der Waals surface area contributed by atoms with Crippen molar-refractivity contribution in [3.05, 3.63) is 36.3 Å². The number of imidazole rings is 1. The third kappa shape index (κ3) is 3.73. The zero-order chi connectivity index (χ0) is 23.1. The first-order valence-electron chi connectivity index (χ1n) is 11.9. The van der Waals surface area contributed by atoms with Crippen molar-refractivity contribution >= 4 is 33.7 Å². The lowest BCUT2D eigenvalue weighted by Gasteiger charge is -2.33. The minimum Gasteiger partial charge on any atom is -0.382 e. The van der Waals surface area contributed by atoms with Gasteiger partial charge in [-0.05, 0) is 51.3 Å². The van der Waals surface area contributed by atoms with Gasteiger partial charge in [-0.1, -0.05) is 13.0 Å². The number of rotatable bonds is 5. The molecular weight excluding hydrogens is 414 g/mol. The summed E-state index contributed by atoms with van der Waals surface area (Å²) in [6, 6.07) is 8.33. The lowest BCUT2D eigenvalue weighted by molar-refractivity contribution is -0.132. The summed E-state index contributed by atoms with van der Waals surface area (Å²) in [5, 5.41) is 8.18. The zero-order valence-corrected chi connectivity index (χ0v) is 19.5. The van der Waals surface area contributed by atoms with Crippen molar-refractivity contribution in [1.29, 1.82) is 0 Å². The van der Waals surface area contributed by atoms with Gasteiger partial charge < -0.3 is 15.2 Å². The highest BCUT2D eigenvalue weighted by Gasteiger charge is 2.30. The van der Waals surface area contributed by atoms with Crippen LogP contribution in [0.1, 0.15) is 64.2 Å². The van der Waals surface area contributed by atoms with Crippen molar-refractivity contribution in [2.75, 3.05) is 18.8 Å². The molecule has 3 aromatic heterocycles. The normalized spacial score (nSPS) is 16.8. The number of aromatic nitrogens is 5. The van der Waals surface area contributed by atoms with Crippen LogP contribution in [0, 0.1) is 0 Å². The summed E-state index contributed by atoms with van der Waals surface area (Å²) in [6.45, 7) is 7.95. The SMILES string of the molecule is CCCC(=O)N1CCCC(c2nc3c(N)nc4cc(-c5cc[nH]n5)ccc4c3n2C(C)C)C1. The number of aromatic amines is 1. The van der Waals surface area contributed by atoms with Crippen molar-refractivity contribution in [3.63, 3.8) is 0 Å². The maximum Gasteiger partial charge on any atom is 0.222 e. The standard InChI is InChI=1S/C25H31N7O/c1-4-6-21(33)31-12-5-7-17(14-31)25-29-22-23(32(25)15(2)3)18-9-8-16(19-10-11-27-30-19)13-20(18)28-24(22)26/h8-11,13,15,17H,4-7,12,14H2,1-3H3,(H2,26,28)(H,27,30). The van der Waals surface area contributed by atoms with Crippen LogP contribution in [0.15, 0.2) is 30.5 Å². The van der Waals surface area contributed by atoms with Crippen molar-refractivity contribution < 1.29 is 4.79 Å². The first kappa shape index (κ1) is 21.4. The summed E-state index contributed by atoms with van der Waals surface area (Å²) in [6.07, 6.45) is 5.29. The molecule has 0 radical (unpaired) electrons. The largest absolute Gasteiger partial charge is 0.382 e. The van der Waals surface area contributed by atoms with Crippen LogP contribution in [0.2, 0.25) is 0 Å². The molecule has 8 nitrogen and oxygen atoms in total. The minimum absolute atomic E-state index is 0.187. The molecule has 0 saturated carbocycles. The number of carbonyl (C=O) groups is 1. The highest BCUT2D eigenvalue weighted by atomic mass is 16.2. The second kappa shape index (κ2) is 8.50. The zero-order valence-electron chi connectivity index (χ0n) is 19.5. The fourth-order valence-electron chi connectivity index (χ4n) is 5.07. The Kier molecular flexibility index (Phi) is 5.52. The minimum atomic E-state index is 0.187. The average molecular weight is 446 g/mol. The topological polar surface area (TPSA) is 106 Å². The van der Waals surface area contributed by atoms with Crippen LogP contribution in [-0.2, 0) is 4.79 Å². The van der Waals surface area contributed by atoms with Crippen LogP contribution < -0.4 is 5.73 Å². The van der Waals surface area contributed by atoms with Gasteiger partial charge in [-0.15, -0.1) is 0 Å². The molecule has 1 atom stereocenters. The molecular formula is C25H31N7O. The van der Waals surface area contributed by atoms with E-state index in [1.807, 2.05) is 23.2 Å². The number of nitrogens with zero attached hydrogens (tertiary/aromatic N) is 5. The first-order chi connectivity index (χ1) is 16.0. The van der Waals surface area contributed by atoms with Crippen molar-refractivity contribution in [2.24, 2.45) is 0 Å². The molecule has 3 N–H and O–H groups in total. The van der Waals surface area contributed by atoms with Gasteiger partial charge in [0.05, 0.1) is 16.7 Å². The fraction of sp³-hybridized carbons (Fsp3) is 0.440. The maximum absolute atomic E-state index is 12.6. The third-order valence-corrected chi connectivity index (χ3v) is 6.59. The van der Waals surface area contributed by atoms with Gasteiger partial charge in [0.15, 0.2) is 5.82 Å². The Morgan fingerprint density at radius 3 is 2.85 bits per heavy atom. The predicted octanol–water partition coefficient (Wildman–Crippen LogP) is 4.64. The highest BCUT2D eigenvalue weighted by Crippen LogP contribution is 2.37. The van der Waals surface area contributed by atoms with Gasteiger partial charge >= 0.3 is 0 Å². The number of anilines is 1. The number of benzene rings is 1. The van der Waals surface area contributed by atoms with Gasteiger partial charge in [-0.2, -0.15) is 5.10 Å². The average Bonchev–Trinajstić information content (AvgIpc) is 3.48. The molecule has 4 heterocycles. The second-order valence-corrected chi connectivity index (χ2v) is 9.25. The summed E-state index contributed by atoms with van der Waals surface area (Å²) in [7, 11) is 0. The van der Waals surface area contributed by atoms with E-state index >= 15 is 0 Å². The molecule has 172 valence electrons. The summed E-state index contributed by atoms with van der Waals surface area (Å²) < 4.78 is 2.31. The number of fused-ring (bicyclic) bond motifs is 3. The van der Waals surface area contributed by atoms with Gasteiger partial charge in [0.2, 0.25) is 5.91 Å². The Bertz CT molecular complexity index is 1310. The Balaban J connectivity index is 1.64. The van der Waals surface area contributed by atoms with Crippen molar-refractivity contribution in [1.82, 2.24) is 29.6 Å². The number of H-pyrrole nitrogens is 1. The molecule has 0 spiro atoms. The number of nitrogens with one attached hydrogen (secondary N) is 1. The lowest BCUT2D eigenvalue weighted by atomic mass is 9.96. The molecule has 1 fully saturated rings. The predicted molar refractivity (Wildman–Crippen MR) is 131 cm³/mol. The molecule has 0 bridgehead atoms. The van der Waals surface area contributed by atoms with Crippen LogP contribution in [0.4, 0.5) is 5.82 Å². The number of hydrogen-bond acceptors (Lipinski definition) is 5. The number of hydrogen-bond donors (Lipinski definition) is 2. The molecule has 5 rings (SSSR count). The quantitative estimate of drug-likeness (QED) is 0.465. The van der Waals surface area contributed by atoms with Gasteiger partial charge in [-0.3, -0.25) is 9.89 Å². The fourth-order valence-corrected chi connectivity index (χ4v) is 5.07. The molecule has 1 unspecified atom stereocenters. The van der Waals surface area contributed by atoms with E-state index in [9.17, 15) is 4.79 Å². The Morgan fingerprint density at radius 1 is 1.27 bits per heavy atom. The first-order valence-corrected chi connectivity index (χ1v) is 11.9.